The van der Waals surface area contributed by atoms with Crippen molar-refractivity contribution in [2.75, 3.05) is 24.9 Å². The van der Waals surface area contributed by atoms with Crippen LogP contribution in [0, 0.1) is 5.82 Å². The van der Waals surface area contributed by atoms with Crippen LogP contribution in [0.15, 0.2) is 54.9 Å². The summed E-state index contributed by atoms with van der Waals surface area (Å²) in [6, 6.07) is 10.8. The Kier molecular flexibility index (Phi) is 5.46. The van der Waals surface area contributed by atoms with E-state index in [9.17, 15) is 9.18 Å². The highest BCUT2D eigenvalue weighted by molar-refractivity contribution is 6.04. The monoisotopic (exact) mass is 368 g/mol. The molecule has 0 aliphatic heterocycles. The molecule has 0 bridgehead atoms. The normalized spacial score (nSPS) is 10.2. The minimum absolute atomic E-state index is 0.287. The van der Waals surface area contributed by atoms with E-state index >= 15 is 0 Å². The van der Waals surface area contributed by atoms with Crippen LogP contribution in [-0.4, -0.2) is 30.1 Å². The SMILES string of the molecule is COc1ccc(NC(=O)c2cnc(Nc3ccc(F)cc3)nc2)cc1OC. The molecule has 3 aromatic rings. The fraction of sp³-hybridized carbons (Fsp3) is 0.105. The van der Waals surface area contributed by atoms with Crippen molar-refractivity contribution in [2.45, 2.75) is 0 Å². The van der Waals surface area contributed by atoms with E-state index < -0.39 is 0 Å². The summed E-state index contributed by atoms with van der Waals surface area (Å²) >= 11 is 0. The van der Waals surface area contributed by atoms with Crippen LogP contribution < -0.4 is 20.1 Å². The summed E-state index contributed by atoms with van der Waals surface area (Å²) in [6.45, 7) is 0. The molecular formula is C19H17FN4O3. The zero-order chi connectivity index (χ0) is 19.2. The number of methoxy groups -OCH3 is 2. The first kappa shape index (κ1) is 18.1. The van der Waals surface area contributed by atoms with Crippen molar-refractivity contribution in [1.82, 2.24) is 9.97 Å². The van der Waals surface area contributed by atoms with E-state index in [4.69, 9.17) is 9.47 Å². The van der Waals surface area contributed by atoms with Crippen molar-refractivity contribution < 1.29 is 18.7 Å². The topological polar surface area (TPSA) is 85.4 Å². The summed E-state index contributed by atoms with van der Waals surface area (Å²) in [5, 5.41) is 5.67. The Bertz CT molecular complexity index is 931. The Hall–Kier alpha value is -3.68. The average molecular weight is 368 g/mol. The van der Waals surface area contributed by atoms with Crippen molar-refractivity contribution in [3.63, 3.8) is 0 Å². The van der Waals surface area contributed by atoms with Crippen molar-refractivity contribution in [3.8, 4) is 11.5 Å². The molecule has 1 aromatic heterocycles. The lowest BCUT2D eigenvalue weighted by atomic mass is 10.2. The van der Waals surface area contributed by atoms with Crippen LogP contribution in [0.1, 0.15) is 10.4 Å². The molecule has 2 N–H and O–H groups in total. The third-order valence-electron chi connectivity index (χ3n) is 3.66. The predicted octanol–water partition coefficient (Wildman–Crippen LogP) is 3.63. The summed E-state index contributed by atoms with van der Waals surface area (Å²) < 4.78 is 23.3. The number of nitrogens with zero attached hydrogens (tertiary/aromatic N) is 2. The molecule has 2 aromatic carbocycles. The van der Waals surface area contributed by atoms with Crippen molar-refractivity contribution in [2.24, 2.45) is 0 Å². The molecule has 3 rings (SSSR count). The van der Waals surface area contributed by atoms with E-state index in [1.165, 1.54) is 38.7 Å². The van der Waals surface area contributed by atoms with Gasteiger partial charge in [-0.2, -0.15) is 0 Å². The third-order valence-corrected chi connectivity index (χ3v) is 3.66. The van der Waals surface area contributed by atoms with Gasteiger partial charge in [0.1, 0.15) is 5.82 Å². The minimum atomic E-state index is -0.365. The minimum Gasteiger partial charge on any atom is -0.493 e. The van der Waals surface area contributed by atoms with Gasteiger partial charge in [-0.3, -0.25) is 4.79 Å². The number of rotatable bonds is 6. The number of amides is 1. The van der Waals surface area contributed by atoms with Crippen molar-refractivity contribution >= 4 is 23.2 Å². The van der Waals surface area contributed by atoms with Crippen LogP contribution >= 0.6 is 0 Å². The van der Waals surface area contributed by atoms with Gasteiger partial charge < -0.3 is 20.1 Å². The standard InChI is InChI=1S/C19H17FN4O3/c1-26-16-8-7-15(9-17(16)27-2)23-18(25)12-10-21-19(22-11-12)24-14-5-3-13(20)4-6-14/h3-11H,1-2H3,(H,23,25)(H,21,22,24). The summed E-state index contributed by atoms with van der Waals surface area (Å²) in [6.07, 6.45) is 2.80. The van der Waals surface area contributed by atoms with E-state index in [-0.39, 0.29) is 17.3 Å². The molecule has 7 nitrogen and oxygen atoms in total. The molecule has 0 atom stereocenters. The van der Waals surface area contributed by atoms with Gasteiger partial charge in [-0.1, -0.05) is 0 Å². The van der Waals surface area contributed by atoms with Gasteiger partial charge in [0, 0.05) is 29.8 Å². The van der Waals surface area contributed by atoms with Crippen LogP contribution in [0.2, 0.25) is 0 Å². The maximum Gasteiger partial charge on any atom is 0.258 e. The number of aromatic nitrogens is 2. The first-order chi connectivity index (χ1) is 13.1. The highest BCUT2D eigenvalue weighted by Gasteiger charge is 2.10. The lowest BCUT2D eigenvalue weighted by Crippen LogP contribution is -2.13. The zero-order valence-electron chi connectivity index (χ0n) is 14.7. The van der Waals surface area contributed by atoms with Gasteiger partial charge in [0.2, 0.25) is 5.95 Å². The Morgan fingerprint density at radius 1 is 0.926 bits per heavy atom. The number of carbonyl (C=O) groups is 1. The molecule has 1 amide bonds. The van der Waals surface area contributed by atoms with E-state index in [0.29, 0.717) is 28.8 Å². The lowest BCUT2D eigenvalue weighted by Gasteiger charge is -2.10. The van der Waals surface area contributed by atoms with Crippen LogP contribution in [0.25, 0.3) is 0 Å². The first-order valence-electron chi connectivity index (χ1n) is 7.97. The molecule has 0 unspecified atom stereocenters. The van der Waals surface area contributed by atoms with Gasteiger partial charge >= 0.3 is 0 Å². The second kappa shape index (κ2) is 8.13. The molecular weight excluding hydrogens is 351 g/mol. The van der Waals surface area contributed by atoms with E-state index in [1.54, 1.807) is 30.3 Å². The van der Waals surface area contributed by atoms with Gasteiger partial charge in [0.25, 0.3) is 5.91 Å². The Balaban J connectivity index is 1.67. The molecule has 0 saturated carbocycles. The highest BCUT2D eigenvalue weighted by atomic mass is 19.1. The third kappa shape index (κ3) is 4.49. The molecule has 0 fully saturated rings. The number of hydrogen-bond acceptors (Lipinski definition) is 6. The number of hydrogen-bond donors (Lipinski definition) is 2. The number of carbonyl (C=O) groups excluding carboxylic acids is 1. The molecule has 1 heterocycles. The van der Waals surface area contributed by atoms with Gasteiger partial charge in [0.05, 0.1) is 19.8 Å². The number of halogens is 1. The van der Waals surface area contributed by atoms with Gasteiger partial charge in [0.15, 0.2) is 11.5 Å². The Morgan fingerprint density at radius 2 is 1.56 bits per heavy atom. The lowest BCUT2D eigenvalue weighted by molar-refractivity contribution is 0.102. The van der Waals surface area contributed by atoms with E-state index in [1.807, 2.05) is 0 Å². The molecule has 0 saturated heterocycles. The molecule has 0 aliphatic carbocycles. The smallest absolute Gasteiger partial charge is 0.258 e. The number of nitrogens with one attached hydrogen (secondary N) is 2. The molecule has 138 valence electrons. The maximum absolute atomic E-state index is 12.9. The van der Waals surface area contributed by atoms with E-state index in [0.717, 1.165) is 0 Å². The summed E-state index contributed by atoms with van der Waals surface area (Å²) in [5.74, 6) is 0.670. The number of benzene rings is 2. The fourth-order valence-corrected chi connectivity index (χ4v) is 2.29. The Labute approximate surface area is 155 Å². The molecule has 27 heavy (non-hydrogen) atoms. The molecule has 0 aliphatic rings. The quantitative estimate of drug-likeness (QED) is 0.691. The average Bonchev–Trinajstić information content (AvgIpc) is 2.70. The first-order valence-corrected chi connectivity index (χ1v) is 7.97. The highest BCUT2D eigenvalue weighted by Crippen LogP contribution is 2.29. The Morgan fingerprint density at radius 3 is 2.19 bits per heavy atom. The van der Waals surface area contributed by atoms with Crippen molar-refractivity contribution in [1.29, 1.82) is 0 Å². The predicted molar refractivity (Wildman–Crippen MR) is 99.2 cm³/mol. The van der Waals surface area contributed by atoms with Gasteiger partial charge in [-0.05, 0) is 36.4 Å². The molecule has 0 spiro atoms. The van der Waals surface area contributed by atoms with E-state index in [2.05, 4.69) is 20.6 Å². The second-order valence-electron chi connectivity index (χ2n) is 5.45. The largest absolute Gasteiger partial charge is 0.493 e. The van der Waals surface area contributed by atoms with Crippen LogP contribution in [-0.2, 0) is 0 Å². The number of ether oxygens (including phenoxy) is 2. The second-order valence-corrected chi connectivity index (χ2v) is 5.45. The van der Waals surface area contributed by atoms with Crippen LogP contribution in [0.5, 0.6) is 11.5 Å². The zero-order valence-corrected chi connectivity index (χ0v) is 14.7. The van der Waals surface area contributed by atoms with Crippen LogP contribution in [0.3, 0.4) is 0 Å². The molecule has 0 radical (unpaired) electrons. The summed E-state index contributed by atoms with van der Waals surface area (Å²) in [7, 11) is 3.05. The van der Waals surface area contributed by atoms with Crippen LogP contribution in [0.4, 0.5) is 21.7 Å². The fourth-order valence-electron chi connectivity index (χ4n) is 2.29. The maximum atomic E-state index is 12.9. The van der Waals surface area contributed by atoms with Gasteiger partial charge in [-0.25, -0.2) is 14.4 Å². The molecule has 8 heteroatoms. The summed E-state index contributed by atoms with van der Waals surface area (Å²) in [5.41, 5.74) is 1.47. The van der Waals surface area contributed by atoms with Gasteiger partial charge in [-0.15, -0.1) is 0 Å². The van der Waals surface area contributed by atoms with Crippen molar-refractivity contribution in [3.05, 3.63) is 66.2 Å². The summed E-state index contributed by atoms with van der Waals surface area (Å²) in [4.78, 5) is 20.5. The number of anilines is 3.